The van der Waals surface area contributed by atoms with Crippen LogP contribution in [-0.2, 0) is 11.3 Å². The van der Waals surface area contributed by atoms with Crippen molar-refractivity contribution in [1.82, 2.24) is 10.2 Å². The standard InChI is InChI=1S/C24H28N2O2/c1-18(19-10-4-2-5-11-19)25-22(27)16-24(14-8-3-9-15-24)26-17-20-12-6-7-13-21(20)23(26)28/h2,4-7,10-13,18H,3,8-9,14-17H2,1H3,(H,25,27). The van der Waals surface area contributed by atoms with E-state index >= 15 is 0 Å². The molecule has 1 heterocycles. The third-order valence-corrected chi connectivity index (χ3v) is 6.34. The molecule has 0 bridgehead atoms. The second-order valence-corrected chi connectivity index (χ2v) is 8.21. The summed E-state index contributed by atoms with van der Waals surface area (Å²) in [4.78, 5) is 28.1. The summed E-state index contributed by atoms with van der Waals surface area (Å²) >= 11 is 0. The molecule has 4 heteroatoms. The monoisotopic (exact) mass is 376 g/mol. The number of fused-ring (bicyclic) bond motifs is 1. The average Bonchev–Trinajstić information content (AvgIpc) is 3.07. The van der Waals surface area contributed by atoms with Crippen molar-refractivity contribution in [1.29, 1.82) is 0 Å². The minimum Gasteiger partial charge on any atom is -0.350 e. The Morgan fingerprint density at radius 1 is 1.04 bits per heavy atom. The number of hydrogen-bond donors (Lipinski definition) is 1. The van der Waals surface area contributed by atoms with Crippen LogP contribution in [0.1, 0.15) is 73.0 Å². The maximum Gasteiger partial charge on any atom is 0.254 e. The lowest BCUT2D eigenvalue weighted by Crippen LogP contribution is -2.52. The summed E-state index contributed by atoms with van der Waals surface area (Å²) in [7, 11) is 0. The molecule has 2 aliphatic rings. The van der Waals surface area contributed by atoms with Crippen LogP contribution in [0, 0.1) is 0 Å². The van der Waals surface area contributed by atoms with Crippen molar-refractivity contribution in [3.63, 3.8) is 0 Å². The Morgan fingerprint density at radius 3 is 2.43 bits per heavy atom. The molecule has 146 valence electrons. The number of rotatable bonds is 5. The van der Waals surface area contributed by atoms with Crippen molar-refractivity contribution in [3.8, 4) is 0 Å². The molecule has 1 aliphatic carbocycles. The molecule has 2 amide bonds. The van der Waals surface area contributed by atoms with Gasteiger partial charge in [0.15, 0.2) is 0 Å². The Kier molecular flexibility index (Phi) is 5.21. The highest BCUT2D eigenvalue weighted by molar-refractivity contribution is 5.99. The summed E-state index contributed by atoms with van der Waals surface area (Å²) < 4.78 is 0. The molecule has 2 aromatic rings. The van der Waals surface area contributed by atoms with Gasteiger partial charge in [0.2, 0.25) is 5.91 Å². The molecule has 28 heavy (non-hydrogen) atoms. The molecular formula is C24H28N2O2. The fraction of sp³-hybridized carbons (Fsp3) is 0.417. The molecule has 0 spiro atoms. The third-order valence-electron chi connectivity index (χ3n) is 6.34. The van der Waals surface area contributed by atoms with Crippen LogP contribution in [0.2, 0.25) is 0 Å². The first-order valence-corrected chi connectivity index (χ1v) is 10.3. The highest BCUT2D eigenvalue weighted by atomic mass is 16.2. The van der Waals surface area contributed by atoms with E-state index in [0.29, 0.717) is 13.0 Å². The maximum absolute atomic E-state index is 13.1. The van der Waals surface area contributed by atoms with Gasteiger partial charge in [0.1, 0.15) is 0 Å². The molecule has 1 fully saturated rings. The quantitative estimate of drug-likeness (QED) is 0.828. The van der Waals surface area contributed by atoms with Crippen molar-refractivity contribution < 1.29 is 9.59 Å². The van der Waals surface area contributed by atoms with Gasteiger partial charge < -0.3 is 10.2 Å². The fourth-order valence-corrected chi connectivity index (χ4v) is 4.81. The Balaban J connectivity index is 1.52. The Morgan fingerprint density at radius 2 is 1.71 bits per heavy atom. The Hall–Kier alpha value is -2.62. The van der Waals surface area contributed by atoms with Crippen molar-refractivity contribution in [2.45, 2.75) is 63.6 Å². The molecular weight excluding hydrogens is 348 g/mol. The van der Waals surface area contributed by atoms with Crippen LogP contribution in [-0.4, -0.2) is 22.3 Å². The SMILES string of the molecule is CC(NC(=O)CC1(N2Cc3ccccc3C2=O)CCCCC1)c1ccccc1. The van der Waals surface area contributed by atoms with E-state index in [9.17, 15) is 9.59 Å². The molecule has 2 aromatic carbocycles. The van der Waals surface area contributed by atoms with Crippen LogP contribution < -0.4 is 5.32 Å². The van der Waals surface area contributed by atoms with Gasteiger partial charge >= 0.3 is 0 Å². The van der Waals surface area contributed by atoms with Gasteiger partial charge in [-0.25, -0.2) is 0 Å². The van der Waals surface area contributed by atoms with E-state index in [1.807, 2.05) is 66.4 Å². The van der Waals surface area contributed by atoms with E-state index in [1.54, 1.807) is 0 Å². The largest absolute Gasteiger partial charge is 0.350 e. The van der Waals surface area contributed by atoms with Gasteiger partial charge in [0.05, 0.1) is 11.6 Å². The molecule has 4 nitrogen and oxygen atoms in total. The highest BCUT2D eigenvalue weighted by Crippen LogP contribution is 2.41. The number of amides is 2. The van der Waals surface area contributed by atoms with Crippen molar-refractivity contribution in [3.05, 3.63) is 71.3 Å². The van der Waals surface area contributed by atoms with E-state index in [0.717, 1.165) is 42.4 Å². The highest BCUT2D eigenvalue weighted by Gasteiger charge is 2.45. The lowest BCUT2D eigenvalue weighted by Gasteiger charge is -2.44. The summed E-state index contributed by atoms with van der Waals surface area (Å²) in [5, 5.41) is 3.15. The predicted molar refractivity (Wildman–Crippen MR) is 110 cm³/mol. The topological polar surface area (TPSA) is 49.4 Å². The number of carbonyl (C=O) groups is 2. The van der Waals surface area contributed by atoms with Gasteiger partial charge in [0, 0.05) is 18.5 Å². The van der Waals surface area contributed by atoms with Crippen LogP contribution >= 0.6 is 0 Å². The van der Waals surface area contributed by atoms with E-state index < -0.39 is 0 Å². The average molecular weight is 377 g/mol. The zero-order valence-corrected chi connectivity index (χ0v) is 16.5. The predicted octanol–water partition coefficient (Wildman–Crippen LogP) is 4.61. The zero-order chi connectivity index (χ0) is 19.6. The number of benzene rings is 2. The Labute approximate surface area is 166 Å². The molecule has 4 rings (SSSR count). The summed E-state index contributed by atoms with van der Waals surface area (Å²) in [6.07, 6.45) is 5.51. The van der Waals surface area contributed by atoms with Crippen LogP contribution in [0.5, 0.6) is 0 Å². The molecule has 0 saturated heterocycles. The molecule has 0 radical (unpaired) electrons. The van der Waals surface area contributed by atoms with E-state index in [4.69, 9.17) is 0 Å². The molecule has 1 saturated carbocycles. The van der Waals surface area contributed by atoms with E-state index in [-0.39, 0.29) is 23.4 Å². The smallest absolute Gasteiger partial charge is 0.254 e. The molecule has 1 atom stereocenters. The third kappa shape index (κ3) is 3.56. The second-order valence-electron chi connectivity index (χ2n) is 8.21. The summed E-state index contributed by atoms with van der Waals surface area (Å²) in [6.45, 7) is 2.63. The van der Waals surface area contributed by atoms with Crippen LogP contribution in [0.4, 0.5) is 0 Å². The van der Waals surface area contributed by atoms with Crippen molar-refractivity contribution in [2.24, 2.45) is 0 Å². The number of hydrogen-bond acceptors (Lipinski definition) is 2. The first kappa shape index (κ1) is 18.7. The molecule has 1 N–H and O–H groups in total. The first-order chi connectivity index (χ1) is 13.6. The lowest BCUT2D eigenvalue weighted by atomic mass is 9.77. The van der Waals surface area contributed by atoms with Gasteiger partial charge in [-0.3, -0.25) is 9.59 Å². The minimum absolute atomic E-state index is 0.0296. The molecule has 0 aromatic heterocycles. The number of carbonyl (C=O) groups excluding carboxylic acids is 2. The maximum atomic E-state index is 13.1. The van der Waals surface area contributed by atoms with Crippen LogP contribution in [0.15, 0.2) is 54.6 Å². The summed E-state index contributed by atoms with van der Waals surface area (Å²) in [5.74, 6) is 0.114. The second kappa shape index (κ2) is 7.78. The molecule has 1 aliphatic heterocycles. The van der Waals surface area contributed by atoms with Gasteiger partial charge in [-0.1, -0.05) is 67.8 Å². The van der Waals surface area contributed by atoms with E-state index in [1.165, 1.54) is 6.42 Å². The summed E-state index contributed by atoms with van der Waals surface area (Å²) in [5.41, 5.74) is 2.61. The van der Waals surface area contributed by atoms with Crippen LogP contribution in [0.3, 0.4) is 0 Å². The van der Waals surface area contributed by atoms with Gasteiger partial charge in [-0.2, -0.15) is 0 Å². The number of nitrogens with one attached hydrogen (secondary N) is 1. The molecule has 1 unspecified atom stereocenters. The van der Waals surface area contributed by atoms with Gasteiger partial charge in [0.25, 0.3) is 5.91 Å². The van der Waals surface area contributed by atoms with Gasteiger partial charge in [-0.15, -0.1) is 0 Å². The summed E-state index contributed by atoms with van der Waals surface area (Å²) in [6, 6.07) is 17.8. The van der Waals surface area contributed by atoms with Crippen LogP contribution in [0.25, 0.3) is 0 Å². The first-order valence-electron chi connectivity index (χ1n) is 10.3. The van der Waals surface area contributed by atoms with Crippen molar-refractivity contribution in [2.75, 3.05) is 0 Å². The fourth-order valence-electron chi connectivity index (χ4n) is 4.81. The lowest BCUT2D eigenvalue weighted by molar-refractivity contribution is -0.125. The zero-order valence-electron chi connectivity index (χ0n) is 16.5. The Bertz CT molecular complexity index is 856. The minimum atomic E-state index is -0.366. The normalized spacial score (nSPS) is 19.2. The van der Waals surface area contributed by atoms with Crippen molar-refractivity contribution >= 4 is 11.8 Å². The number of nitrogens with zero attached hydrogens (tertiary/aromatic N) is 1. The van der Waals surface area contributed by atoms with Gasteiger partial charge in [-0.05, 0) is 37.0 Å². The van der Waals surface area contributed by atoms with E-state index in [2.05, 4.69) is 5.32 Å².